The van der Waals surface area contributed by atoms with Gasteiger partial charge >= 0.3 is 0 Å². The van der Waals surface area contributed by atoms with E-state index in [9.17, 15) is 4.79 Å². The highest BCUT2D eigenvalue weighted by Crippen LogP contribution is 2.35. The molecule has 0 saturated heterocycles. The zero-order valence-electron chi connectivity index (χ0n) is 15.0. The summed E-state index contributed by atoms with van der Waals surface area (Å²) in [6, 6.07) is 10.7. The Morgan fingerprint density at radius 1 is 1.12 bits per heavy atom. The fourth-order valence-corrected chi connectivity index (χ4v) is 2.43. The van der Waals surface area contributed by atoms with Crippen molar-refractivity contribution in [2.24, 2.45) is 0 Å². The number of hydrogen-bond donors (Lipinski definition) is 1. The Balaban J connectivity index is 2.05. The van der Waals surface area contributed by atoms with E-state index in [1.807, 2.05) is 24.3 Å². The van der Waals surface area contributed by atoms with Crippen LogP contribution in [-0.4, -0.2) is 26.7 Å². The lowest BCUT2D eigenvalue weighted by Crippen LogP contribution is -2.09. The number of hydrogen-bond acceptors (Lipinski definition) is 4. The van der Waals surface area contributed by atoms with Crippen molar-refractivity contribution in [1.29, 1.82) is 0 Å². The van der Waals surface area contributed by atoms with Crippen LogP contribution in [0.25, 0.3) is 6.08 Å². The van der Waals surface area contributed by atoms with E-state index in [2.05, 4.69) is 12.2 Å². The Morgan fingerprint density at radius 2 is 1.81 bits per heavy atom. The molecule has 2 aromatic carbocycles. The molecule has 0 heterocycles. The summed E-state index contributed by atoms with van der Waals surface area (Å²) in [5.74, 6) is 1.43. The second kappa shape index (κ2) is 9.73. The first-order chi connectivity index (χ1) is 12.6. The van der Waals surface area contributed by atoms with Crippen molar-refractivity contribution in [1.82, 2.24) is 0 Å². The second-order valence-corrected chi connectivity index (χ2v) is 5.83. The van der Waals surface area contributed by atoms with Crippen molar-refractivity contribution in [2.45, 2.75) is 13.3 Å². The van der Waals surface area contributed by atoms with Crippen molar-refractivity contribution in [3.8, 4) is 17.2 Å². The Kier molecular flexibility index (Phi) is 7.36. The van der Waals surface area contributed by atoms with Gasteiger partial charge in [0.25, 0.3) is 0 Å². The van der Waals surface area contributed by atoms with Crippen LogP contribution in [0.2, 0.25) is 5.02 Å². The van der Waals surface area contributed by atoms with Gasteiger partial charge in [0.05, 0.1) is 31.5 Å². The monoisotopic (exact) mass is 375 g/mol. The molecule has 0 bridgehead atoms. The van der Waals surface area contributed by atoms with Crippen LogP contribution in [0.15, 0.2) is 42.5 Å². The smallest absolute Gasteiger partial charge is 0.248 e. The van der Waals surface area contributed by atoms with E-state index < -0.39 is 0 Å². The van der Waals surface area contributed by atoms with Crippen LogP contribution < -0.4 is 19.5 Å². The number of carbonyl (C=O) groups excluding carboxylic acids is 1. The van der Waals surface area contributed by atoms with Crippen molar-refractivity contribution in [3.05, 3.63) is 53.1 Å². The first-order valence-electron chi connectivity index (χ1n) is 8.20. The van der Waals surface area contributed by atoms with Crippen LogP contribution in [0.4, 0.5) is 5.69 Å². The van der Waals surface area contributed by atoms with Crippen molar-refractivity contribution in [3.63, 3.8) is 0 Å². The Hall–Kier alpha value is -2.66. The van der Waals surface area contributed by atoms with Gasteiger partial charge in [0, 0.05) is 18.2 Å². The van der Waals surface area contributed by atoms with Crippen molar-refractivity contribution in [2.75, 3.05) is 26.1 Å². The molecule has 5 nitrogen and oxygen atoms in total. The Morgan fingerprint density at radius 3 is 2.42 bits per heavy atom. The number of halogens is 1. The molecule has 2 rings (SSSR count). The first-order valence-corrected chi connectivity index (χ1v) is 8.58. The molecule has 1 N–H and O–H groups in total. The molecule has 26 heavy (non-hydrogen) atoms. The zero-order valence-corrected chi connectivity index (χ0v) is 15.8. The summed E-state index contributed by atoms with van der Waals surface area (Å²) in [6.45, 7) is 2.74. The minimum absolute atomic E-state index is 0.293. The lowest BCUT2D eigenvalue weighted by Gasteiger charge is -2.12. The fourth-order valence-electron chi connectivity index (χ4n) is 2.20. The third kappa shape index (κ3) is 5.43. The van der Waals surface area contributed by atoms with Crippen LogP contribution in [0, 0.1) is 0 Å². The summed E-state index contributed by atoms with van der Waals surface area (Å²) in [5, 5.41) is 3.16. The lowest BCUT2D eigenvalue weighted by atomic mass is 10.2. The van der Waals surface area contributed by atoms with Gasteiger partial charge in [-0.2, -0.15) is 0 Å². The van der Waals surface area contributed by atoms with Crippen LogP contribution in [0.3, 0.4) is 0 Å². The van der Waals surface area contributed by atoms with Crippen LogP contribution in [-0.2, 0) is 4.79 Å². The molecule has 0 atom stereocenters. The SMILES string of the molecule is CCCOc1ccc(/C=C/C(=O)Nc2cc(OC)c(Cl)cc2OC)cc1. The second-order valence-electron chi connectivity index (χ2n) is 5.43. The maximum Gasteiger partial charge on any atom is 0.248 e. The highest BCUT2D eigenvalue weighted by Gasteiger charge is 2.11. The van der Waals surface area contributed by atoms with E-state index in [4.69, 9.17) is 25.8 Å². The number of methoxy groups -OCH3 is 2. The van der Waals surface area contributed by atoms with Gasteiger partial charge in [0.15, 0.2) is 0 Å². The normalized spacial score (nSPS) is 10.6. The zero-order chi connectivity index (χ0) is 18.9. The molecule has 0 spiro atoms. The maximum absolute atomic E-state index is 12.2. The first kappa shape index (κ1) is 19.7. The van der Waals surface area contributed by atoms with E-state index in [1.54, 1.807) is 18.2 Å². The van der Waals surface area contributed by atoms with Gasteiger partial charge in [0.1, 0.15) is 17.2 Å². The number of benzene rings is 2. The average molecular weight is 376 g/mol. The van der Waals surface area contributed by atoms with E-state index in [1.165, 1.54) is 20.3 Å². The van der Waals surface area contributed by atoms with Crippen LogP contribution >= 0.6 is 11.6 Å². The van der Waals surface area contributed by atoms with Gasteiger partial charge in [-0.05, 0) is 30.2 Å². The molecule has 0 aliphatic carbocycles. The van der Waals surface area contributed by atoms with Gasteiger partial charge in [0.2, 0.25) is 5.91 Å². The largest absolute Gasteiger partial charge is 0.495 e. The summed E-state index contributed by atoms with van der Waals surface area (Å²) in [5.41, 5.74) is 1.37. The molecular weight excluding hydrogens is 354 g/mol. The molecule has 0 fully saturated rings. The fraction of sp³-hybridized carbons (Fsp3) is 0.250. The van der Waals surface area contributed by atoms with Gasteiger partial charge in [-0.1, -0.05) is 30.7 Å². The summed E-state index contributed by atoms with van der Waals surface area (Å²) >= 11 is 6.06. The summed E-state index contributed by atoms with van der Waals surface area (Å²) < 4.78 is 15.9. The average Bonchev–Trinajstić information content (AvgIpc) is 2.66. The molecule has 0 aliphatic rings. The Labute approximate surface area is 158 Å². The van der Waals surface area contributed by atoms with Gasteiger partial charge in [-0.15, -0.1) is 0 Å². The van der Waals surface area contributed by atoms with Crippen molar-refractivity contribution < 1.29 is 19.0 Å². The summed E-state index contributed by atoms with van der Waals surface area (Å²) in [6.07, 6.45) is 4.13. The Bertz CT molecular complexity index is 772. The number of carbonyl (C=O) groups is 1. The molecule has 0 saturated carbocycles. The highest BCUT2D eigenvalue weighted by molar-refractivity contribution is 6.32. The maximum atomic E-state index is 12.2. The van der Waals surface area contributed by atoms with E-state index >= 15 is 0 Å². The minimum atomic E-state index is -0.293. The van der Waals surface area contributed by atoms with Crippen molar-refractivity contribution >= 4 is 29.3 Å². The lowest BCUT2D eigenvalue weighted by molar-refractivity contribution is -0.111. The third-order valence-electron chi connectivity index (χ3n) is 3.51. The van der Waals surface area contributed by atoms with E-state index in [0.29, 0.717) is 28.8 Å². The van der Waals surface area contributed by atoms with Crippen LogP contribution in [0.1, 0.15) is 18.9 Å². The highest BCUT2D eigenvalue weighted by atomic mass is 35.5. The van der Waals surface area contributed by atoms with Gasteiger partial charge in [-0.3, -0.25) is 4.79 Å². The molecule has 0 unspecified atom stereocenters. The number of ether oxygens (including phenoxy) is 3. The summed E-state index contributed by atoms with van der Waals surface area (Å²) in [4.78, 5) is 12.2. The molecular formula is C20H22ClNO4. The quantitative estimate of drug-likeness (QED) is 0.673. The standard InChI is InChI=1S/C20H22ClNO4/c1-4-11-26-15-8-5-14(6-9-15)7-10-20(23)22-17-13-18(24-2)16(21)12-19(17)25-3/h5-10,12-13H,4,11H2,1-3H3,(H,22,23)/b10-7+. The predicted molar refractivity (Wildman–Crippen MR) is 104 cm³/mol. The molecule has 1 amide bonds. The third-order valence-corrected chi connectivity index (χ3v) is 3.81. The van der Waals surface area contributed by atoms with E-state index in [-0.39, 0.29) is 5.91 Å². The van der Waals surface area contributed by atoms with Gasteiger partial charge in [-0.25, -0.2) is 0 Å². The molecule has 2 aromatic rings. The topological polar surface area (TPSA) is 56.8 Å². The number of nitrogens with one attached hydrogen (secondary N) is 1. The number of anilines is 1. The van der Waals surface area contributed by atoms with Gasteiger partial charge < -0.3 is 19.5 Å². The summed E-state index contributed by atoms with van der Waals surface area (Å²) in [7, 11) is 3.01. The molecule has 138 valence electrons. The molecule has 0 radical (unpaired) electrons. The van der Waals surface area contributed by atoms with Crippen LogP contribution in [0.5, 0.6) is 17.2 Å². The molecule has 0 aromatic heterocycles. The molecule has 0 aliphatic heterocycles. The minimum Gasteiger partial charge on any atom is -0.495 e. The van der Waals surface area contributed by atoms with E-state index in [0.717, 1.165) is 17.7 Å². The molecule has 6 heteroatoms. The predicted octanol–water partition coefficient (Wildman–Crippen LogP) is 4.80. The number of rotatable bonds is 8. The number of amides is 1.